The molecule has 0 aliphatic heterocycles. The first-order valence-corrected chi connectivity index (χ1v) is 9.03. The third-order valence-corrected chi connectivity index (χ3v) is 5.90. The Morgan fingerprint density at radius 1 is 1.33 bits per heavy atom. The fraction of sp³-hybridized carbons (Fsp3) is 0.667. The van der Waals surface area contributed by atoms with Crippen molar-refractivity contribution in [3.05, 3.63) is 28.2 Å². The summed E-state index contributed by atoms with van der Waals surface area (Å²) in [5.41, 5.74) is 1.44. The zero-order chi connectivity index (χ0) is 15.6. The number of methoxy groups -OCH3 is 1. The lowest BCUT2D eigenvalue weighted by atomic mass is 9.66. The highest BCUT2D eigenvalue weighted by Gasteiger charge is 2.38. The van der Waals surface area contributed by atoms with Gasteiger partial charge in [0.1, 0.15) is 5.75 Å². The van der Waals surface area contributed by atoms with Crippen LogP contribution in [0.5, 0.6) is 5.75 Å². The molecule has 1 nitrogen and oxygen atoms in total. The molecule has 3 heteroatoms. The summed E-state index contributed by atoms with van der Waals surface area (Å²) < 4.78 is 6.63. The Balaban J connectivity index is 2.19. The molecule has 21 heavy (non-hydrogen) atoms. The molecule has 1 aromatic rings. The molecule has 1 fully saturated rings. The average molecular weight is 374 g/mol. The summed E-state index contributed by atoms with van der Waals surface area (Å²) in [4.78, 5) is 0. The van der Waals surface area contributed by atoms with Crippen molar-refractivity contribution >= 4 is 27.5 Å². The predicted octanol–water partition coefficient (Wildman–Crippen LogP) is 6.07. The van der Waals surface area contributed by atoms with Gasteiger partial charge in [0.05, 0.1) is 7.11 Å². The van der Waals surface area contributed by atoms with Crippen LogP contribution in [0.25, 0.3) is 0 Å². The van der Waals surface area contributed by atoms with Crippen LogP contribution in [0.2, 0.25) is 0 Å². The molecule has 0 bridgehead atoms. The maximum absolute atomic E-state index is 6.69. The molecule has 2 rings (SSSR count). The van der Waals surface area contributed by atoms with Gasteiger partial charge in [-0.3, -0.25) is 0 Å². The molecule has 1 aliphatic rings. The topological polar surface area (TPSA) is 9.23 Å². The van der Waals surface area contributed by atoms with Crippen molar-refractivity contribution in [3.8, 4) is 5.75 Å². The van der Waals surface area contributed by atoms with Crippen LogP contribution in [-0.2, 0) is 6.42 Å². The van der Waals surface area contributed by atoms with Gasteiger partial charge in [-0.2, -0.15) is 0 Å². The van der Waals surface area contributed by atoms with E-state index in [2.05, 4.69) is 42.8 Å². The number of rotatable bonds is 4. The van der Waals surface area contributed by atoms with Gasteiger partial charge in [-0.1, -0.05) is 43.1 Å². The minimum atomic E-state index is 0.181. The molecule has 3 atom stereocenters. The van der Waals surface area contributed by atoms with E-state index in [0.29, 0.717) is 11.3 Å². The van der Waals surface area contributed by atoms with Gasteiger partial charge in [-0.15, -0.1) is 11.6 Å². The van der Waals surface area contributed by atoms with Crippen LogP contribution in [0.4, 0.5) is 0 Å². The van der Waals surface area contributed by atoms with Crippen LogP contribution in [-0.4, -0.2) is 12.5 Å². The predicted molar refractivity (Wildman–Crippen MR) is 94.3 cm³/mol. The molecule has 118 valence electrons. The molecule has 1 aromatic carbocycles. The summed E-state index contributed by atoms with van der Waals surface area (Å²) in [5, 5.41) is 0.293. The van der Waals surface area contributed by atoms with Crippen LogP contribution < -0.4 is 4.74 Å². The molecule has 0 radical (unpaired) electrons. The van der Waals surface area contributed by atoms with Gasteiger partial charge in [-0.05, 0) is 60.3 Å². The molecule has 0 heterocycles. The van der Waals surface area contributed by atoms with Crippen molar-refractivity contribution < 1.29 is 4.74 Å². The van der Waals surface area contributed by atoms with Crippen LogP contribution >= 0.6 is 27.5 Å². The fourth-order valence-electron chi connectivity index (χ4n) is 3.70. The average Bonchev–Trinajstić information content (AvgIpc) is 2.37. The molecule has 0 spiro atoms. The van der Waals surface area contributed by atoms with Crippen LogP contribution in [0, 0.1) is 17.3 Å². The Hall–Kier alpha value is -0.210. The summed E-state index contributed by atoms with van der Waals surface area (Å²) in [7, 11) is 1.74. The summed E-state index contributed by atoms with van der Waals surface area (Å²) >= 11 is 10.3. The molecule has 0 N–H and O–H groups in total. The normalized spacial score (nSPS) is 26.7. The quantitative estimate of drug-likeness (QED) is 0.582. The van der Waals surface area contributed by atoms with Gasteiger partial charge in [0, 0.05) is 9.85 Å². The summed E-state index contributed by atoms with van der Waals surface area (Å²) in [5.74, 6) is 2.31. The second-order valence-electron chi connectivity index (χ2n) is 7.16. The lowest BCUT2D eigenvalue weighted by molar-refractivity contribution is 0.141. The number of benzene rings is 1. The molecule has 0 aromatic heterocycles. The minimum absolute atomic E-state index is 0.181. The van der Waals surface area contributed by atoms with Gasteiger partial charge in [0.2, 0.25) is 0 Å². The van der Waals surface area contributed by atoms with Crippen molar-refractivity contribution in [2.24, 2.45) is 17.3 Å². The van der Waals surface area contributed by atoms with E-state index in [1.807, 2.05) is 12.1 Å². The highest BCUT2D eigenvalue weighted by molar-refractivity contribution is 9.10. The second kappa shape index (κ2) is 6.91. The standard InChI is InChI=1S/C18H26BrClO/c1-12-5-7-15(16(20)9-12)18(2,3)11-13-10-14(19)6-8-17(13)21-4/h6,8,10,12,15-16H,5,7,9,11H2,1-4H3. The first kappa shape index (κ1) is 17.1. The maximum atomic E-state index is 6.69. The van der Waals surface area contributed by atoms with E-state index in [-0.39, 0.29) is 5.41 Å². The lowest BCUT2D eigenvalue weighted by Gasteiger charge is -2.42. The van der Waals surface area contributed by atoms with Gasteiger partial charge < -0.3 is 4.74 Å². The Morgan fingerprint density at radius 2 is 2.05 bits per heavy atom. The molecule has 3 unspecified atom stereocenters. The second-order valence-corrected chi connectivity index (χ2v) is 8.64. The third-order valence-electron chi connectivity index (χ3n) is 4.93. The van der Waals surface area contributed by atoms with Crippen LogP contribution in [0.3, 0.4) is 0 Å². The maximum Gasteiger partial charge on any atom is 0.122 e. The van der Waals surface area contributed by atoms with E-state index < -0.39 is 0 Å². The lowest BCUT2D eigenvalue weighted by Crippen LogP contribution is -2.37. The number of ether oxygens (including phenoxy) is 1. The van der Waals surface area contributed by atoms with Gasteiger partial charge in [0.25, 0.3) is 0 Å². The zero-order valence-electron chi connectivity index (χ0n) is 13.5. The first-order chi connectivity index (χ1) is 9.83. The van der Waals surface area contributed by atoms with E-state index in [1.54, 1.807) is 7.11 Å². The number of hydrogen-bond acceptors (Lipinski definition) is 1. The Morgan fingerprint density at radius 3 is 2.67 bits per heavy atom. The number of alkyl halides is 1. The van der Waals surface area contributed by atoms with E-state index in [4.69, 9.17) is 16.3 Å². The Kier molecular flexibility index (Phi) is 5.65. The summed E-state index contributed by atoms with van der Waals surface area (Å²) in [6.45, 7) is 7.02. The molecule has 1 saturated carbocycles. The van der Waals surface area contributed by atoms with Crippen molar-refractivity contribution in [3.63, 3.8) is 0 Å². The molecular weight excluding hydrogens is 348 g/mol. The number of hydrogen-bond donors (Lipinski definition) is 0. The summed E-state index contributed by atoms with van der Waals surface area (Å²) in [6, 6.07) is 6.24. The van der Waals surface area contributed by atoms with Crippen LogP contribution in [0.1, 0.15) is 45.6 Å². The monoisotopic (exact) mass is 372 g/mol. The van der Waals surface area contributed by atoms with Crippen molar-refractivity contribution in [2.75, 3.05) is 7.11 Å². The first-order valence-electron chi connectivity index (χ1n) is 7.80. The van der Waals surface area contributed by atoms with Gasteiger partial charge in [-0.25, -0.2) is 0 Å². The van der Waals surface area contributed by atoms with E-state index in [9.17, 15) is 0 Å². The fourth-order valence-corrected chi connectivity index (χ4v) is 4.88. The van der Waals surface area contributed by atoms with Crippen LogP contribution in [0.15, 0.2) is 22.7 Å². The Labute approximate surface area is 142 Å². The SMILES string of the molecule is COc1ccc(Br)cc1CC(C)(C)C1CCC(C)CC1Cl. The van der Waals surface area contributed by atoms with E-state index in [1.165, 1.54) is 18.4 Å². The Bertz CT molecular complexity index is 486. The highest BCUT2D eigenvalue weighted by atomic mass is 79.9. The summed E-state index contributed by atoms with van der Waals surface area (Å²) in [6.07, 6.45) is 4.68. The molecular formula is C18H26BrClO. The molecule has 1 aliphatic carbocycles. The zero-order valence-corrected chi connectivity index (χ0v) is 15.8. The number of halogens is 2. The van der Waals surface area contributed by atoms with Crippen molar-refractivity contribution in [1.29, 1.82) is 0 Å². The van der Waals surface area contributed by atoms with E-state index >= 15 is 0 Å². The smallest absolute Gasteiger partial charge is 0.122 e. The highest BCUT2D eigenvalue weighted by Crippen LogP contribution is 2.45. The van der Waals surface area contributed by atoms with Gasteiger partial charge in [0.15, 0.2) is 0 Å². The van der Waals surface area contributed by atoms with E-state index in [0.717, 1.165) is 29.0 Å². The minimum Gasteiger partial charge on any atom is -0.496 e. The van der Waals surface area contributed by atoms with Gasteiger partial charge >= 0.3 is 0 Å². The third kappa shape index (κ3) is 4.16. The molecule has 0 saturated heterocycles. The van der Waals surface area contributed by atoms with Crippen molar-refractivity contribution in [1.82, 2.24) is 0 Å². The van der Waals surface area contributed by atoms with Crippen molar-refractivity contribution in [2.45, 2.75) is 51.8 Å². The molecule has 0 amide bonds. The largest absolute Gasteiger partial charge is 0.496 e.